The summed E-state index contributed by atoms with van der Waals surface area (Å²) in [4.78, 5) is 1.40. The fourth-order valence-corrected chi connectivity index (χ4v) is 1.84. The zero-order valence-electron chi connectivity index (χ0n) is 12.7. The molecular formula is C14H21N5O2. The van der Waals surface area contributed by atoms with E-state index in [-0.39, 0.29) is 6.61 Å². The number of nitrogens with zero attached hydrogens (tertiary/aromatic N) is 4. The van der Waals surface area contributed by atoms with E-state index in [1.807, 2.05) is 25.1 Å². The molecular weight excluding hydrogens is 270 g/mol. The first-order valence-corrected chi connectivity index (χ1v) is 7.05. The molecule has 0 radical (unpaired) electrons. The van der Waals surface area contributed by atoms with Crippen molar-refractivity contribution in [3.8, 4) is 11.5 Å². The molecule has 0 atom stereocenters. The lowest BCUT2D eigenvalue weighted by Crippen LogP contribution is -2.12. The minimum Gasteiger partial charge on any atom is -0.490 e. The monoisotopic (exact) mass is 291 g/mol. The molecule has 0 spiro atoms. The molecule has 0 saturated heterocycles. The van der Waals surface area contributed by atoms with Gasteiger partial charge >= 0.3 is 0 Å². The number of ether oxygens (including phenoxy) is 2. The molecule has 1 aromatic heterocycles. The number of rotatable bonds is 8. The van der Waals surface area contributed by atoms with E-state index < -0.39 is 0 Å². The third-order valence-corrected chi connectivity index (χ3v) is 2.79. The van der Waals surface area contributed by atoms with Crippen LogP contribution in [0.15, 0.2) is 18.2 Å². The van der Waals surface area contributed by atoms with E-state index in [1.54, 1.807) is 7.05 Å². The third-order valence-electron chi connectivity index (χ3n) is 2.79. The van der Waals surface area contributed by atoms with Gasteiger partial charge in [0.2, 0.25) is 5.82 Å². The van der Waals surface area contributed by atoms with Crippen LogP contribution in [0.5, 0.6) is 11.5 Å². The first-order valence-electron chi connectivity index (χ1n) is 7.05. The molecule has 21 heavy (non-hydrogen) atoms. The molecule has 0 aliphatic carbocycles. The molecule has 7 nitrogen and oxygen atoms in total. The lowest BCUT2D eigenvalue weighted by Gasteiger charge is -2.12. The van der Waals surface area contributed by atoms with Crippen LogP contribution in [-0.2, 0) is 20.2 Å². The van der Waals surface area contributed by atoms with Crippen LogP contribution in [-0.4, -0.2) is 33.4 Å². The Kier molecular flexibility index (Phi) is 5.51. The smallest absolute Gasteiger partial charge is 0.212 e. The number of aromatic nitrogens is 4. The Morgan fingerprint density at radius 3 is 2.71 bits per heavy atom. The van der Waals surface area contributed by atoms with Gasteiger partial charge in [0, 0.05) is 6.54 Å². The van der Waals surface area contributed by atoms with Gasteiger partial charge in [-0.05, 0) is 36.4 Å². The van der Waals surface area contributed by atoms with E-state index in [1.165, 1.54) is 4.80 Å². The fourth-order valence-electron chi connectivity index (χ4n) is 1.84. The fraction of sp³-hybridized carbons (Fsp3) is 0.500. The molecule has 0 fully saturated rings. The normalized spacial score (nSPS) is 10.6. The van der Waals surface area contributed by atoms with Crippen molar-refractivity contribution in [2.24, 2.45) is 7.05 Å². The second-order valence-electron chi connectivity index (χ2n) is 4.48. The second-order valence-corrected chi connectivity index (χ2v) is 4.48. The number of hydrogen-bond donors (Lipinski definition) is 1. The van der Waals surface area contributed by atoms with E-state index in [0.717, 1.165) is 24.4 Å². The molecule has 0 unspecified atom stereocenters. The van der Waals surface area contributed by atoms with Gasteiger partial charge in [0.1, 0.15) is 0 Å². The van der Waals surface area contributed by atoms with Gasteiger partial charge in [-0.15, -0.1) is 10.2 Å². The van der Waals surface area contributed by atoms with Gasteiger partial charge in [0.05, 0.1) is 13.7 Å². The van der Waals surface area contributed by atoms with Gasteiger partial charge in [-0.3, -0.25) is 0 Å². The van der Waals surface area contributed by atoms with E-state index in [2.05, 4.69) is 27.7 Å². The maximum absolute atomic E-state index is 5.72. The van der Waals surface area contributed by atoms with E-state index in [9.17, 15) is 0 Å². The molecule has 0 saturated carbocycles. The summed E-state index contributed by atoms with van der Waals surface area (Å²) >= 11 is 0. The van der Waals surface area contributed by atoms with Crippen LogP contribution in [0.25, 0.3) is 0 Å². The topological polar surface area (TPSA) is 74.1 Å². The Morgan fingerprint density at radius 1 is 1.19 bits per heavy atom. The van der Waals surface area contributed by atoms with Crippen molar-refractivity contribution in [1.82, 2.24) is 25.5 Å². The molecule has 0 aliphatic rings. The lowest BCUT2D eigenvalue weighted by atomic mass is 10.2. The third kappa shape index (κ3) is 4.42. The molecule has 0 amide bonds. The summed E-state index contributed by atoms with van der Waals surface area (Å²) in [5.74, 6) is 1.96. The minimum absolute atomic E-state index is 0.264. The van der Waals surface area contributed by atoms with Gasteiger partial charge in [0.15, 0.2) is 18.1 Å². The first kappa shape index (κ1) is 15.2. The standard InChI is InChI=1S/C14H21N5O2/c1-4-15-9-11-6-7-12(13(8-11)20-5-2)21-10-14-16-18-19(3)17-14/h6-8,15H,4-5,9-10H2,1-3H3. The van der Waals surface area contributed by atoms with Gasteiger partial charge in [-0.2, -0.15) is 4.80 Å². The van der Waals surface area contributed by atoms with Crippen LogP contribution in [0.4, 0.5) is 0 Å². The van der Waals surface area contributed by atoms with Crippen molar-refractivity contribution in [3.63, 3.8) is 0 Å². The molecule has 2 rings (SSSR count). The maximum atomic E-state index is 5.72. The summed E-state index contributed by atoms with van der Waals surface area (Å²) in [7, 11) is 1.72. The highest BCUT2D eigenvalue weighted by Gasteiger charge is 2.08. The molecule has 2 aromatic rings. The predicted molar refractivity (Wildman–Crippen MR) is 78.1 cm³/mol. The second kappa shape index (κ2) is 7.58. The molecule has 1 N–H and O–H groups in total. The summed E-state index contributed by atoms with van der Waals surface area (Å²) in [6, 6.07) is 5.92. The molecule has 1 heterocycles. The Balaban J connectivity index is 2.06. The van der Waals surface area contributed by atoms with Gasteiger partial charge < -0.3 is 14.8 Å². The van der Waals surface area contributed by atoms with Crippen molar-refractivity contribution in [2.75, 3.05) is 13.2 Å². The highest BCUT2D eigenvalue weighted by molar-refractivity contribution is 5.43. The molecule has 1 aromatic carbocycles. The molecule has 114 valence electrons. The lowest BCUT2D eigenvalue weighted by molar-refractivity contribution is 0.262. The number of nitrogens with one attached hydrogen (secondary N) is 1. The maximum Gasteiger partial charge on any atom is 0.212 e. The summed E-state index contributed by atoms with van der Waals surface area (Å²) in [5, 5.41) is 15.0. The predicted octanol–water partition coefficient (Wildman–Crippen LogP) is 1.30. The highest BCUT2D eigenvalue weighted by atomic mass is 16.5. The van der Waals surface area contributed by atoms with Crippen LogP contribution in [0.3, 0.4) is 0 Å². The quantitative estimate of drug-likeness (QED) is 0.790. The Bertz CT molecular complexity index is 570. The van der Waals surface area contributed by atoms with Crippen LogP contribution < -0.4 is 14.8 Å². The number of benzene rings is 1. The van der Waals surface area contributed by atoms with E-state index >= 15 is 0 Å². The molecule has 7 heteroatoms. The van der Waals surface area contributed by atoms with Crippen molar-refractivity contribution >= 4 is 0 Å². The largest absolute Gasteiger partial charge is 0.490 e. The first-order chi connectivity index (χ1) is 10.2. The van der Waals surface area contributed by atoms with Crippen molar-refractivity contribution in [2.45, 2.75) is 27.0 Å². The van der Waals surface area contributed by atoms with Gasteiger partial charge in [-0.25, -0.2) is 0 Å². The zero-order chi connectivity index (χ0) is 15.1. The Morgan fingerprint density at radius 2 is 2.05 bits per heavy atom. The van der Waals surface area contributed by atoms with Crippen molar-refractivity contribution in [3.05, 3.63) is 29.6 Å². The average Bonchev–Trinajstić information content (AvgIpc) is 2.90. The van der Waals surface area contributed by atoms with Crippen LogP contribution in [0.1, 0.15) is 25.2 Å². The van der Waals surface area contributed by atoms with Gasteiger partial charge in [0.25, 0.3) is 0 Å². The Labute approximate surface area is 124 Å². The number of aryl methyl sites for hydroxylation is 1. The SMILES string of the molecule is CCNCc1ccc(OCc2nnn(C)n2)c(OCC)c1. The van der Waals surface area contributed by atoms with E-state index in [0.29, 0.717) is 18.2 Å². The summed E-state index contributed by atoms with van der Waals surface area (Å²) in [6.45, 7) is 6.62. The van der Waals surface area contributed by atoms with Crippen LogP contribution in [0.2, 0.25) is 0 Å². The summed E-state index contributed by atoms with van der Waals surface area (Å²) < 4.78 is 11.4. The van der Waals surface area contributed by atoms with Crippen LogP contribution >= 0.6 is 0 Å². The average molecular weight is 291 g/mol. The summed E-state index contributed by atoms with van der Waals surface area (Å²) in [5.41, 5.74) is 1.16. The number of tetrazole rings is 1. The van der Waals surface area contributed by atoms with E-state index in [4.69, 9.17) is 9.47 Å². The summed E-state index contributed by atoms with van der Waals surface area (Å²) in [6.07, 6.45) is 0. The van der Waals surface area contributed by atoms with Gasteiger partial charge in [-0.1, -0.05) is 13.0 Å². The van der Waals surface area contributed by atoms with Crippen molar-refractivity contribution in [1.29, 1.82) is 0 Å². The molecule has 0 bridgehead atoms. The van der Waals surface area contributed by atoms with Crippen molar-refractivity contribution < 1.29 is 9.47 Å². The minimum atomic E-state index is 0.264. The molecule has 0 aliphatic heterocycles. The highest BCUT2D eigenvalue weighted by Crippen LogP contribution is 2.29. The van der Waals surface area contributed by atoms with Crippen LogP contribution in [0, 0.1) is 0 Å². The number of hydrogen-bond acceptors (Lipinski definition) is 6. The Hall–Kier alpha value is -2.15. The zero-order valence-corrected chi connectivity index (χ0v) is 12.7.